The van der Waals surface area contributed by atoms with E-state index in [-0.39, 0.29) is 5.91 Å². The minimum atomic E-state index is -0.463. The van der Waals surface area contributed by atoms with Crippen molar-refractivity contribution in [2.45, 2.75) is 13.8 Å². The van der Waals surface area contributed by atoms with Gasteiger partial charge in [-0.05, 0) is 80.1 Å². The zero-order valence-electron chi connectivity index (χ0n) is 17.9. The fourth-order valence-corrected chi connectivity index (χ4v) is 2.80. The Bertz CT molecular complexity index is 1080. The summed E-state index contributed by atoms with van der Waals surface area (Å²) < 4.78 is 16.2. The largest absolute Gasteiger partial charge is 0.494 e. The monoisotopic (exact) mass is 432 g/mol. The molecule has 3 aromatic carbocycles. The van der Waals surface area contributed by atoms with Crippen LogP contribution >= 0.6 is 0 Å². The predicted octanol–water partition coefficient (Wildman–Crippen LogP) is 4.47. The topological polar surface area (TPSA) is 86.2 Å². The molecule has 1 N–H and O–H groups in total. The third-order valence-electron chi connectivity index (χ3n) is 4.30. The van der Waals surface area contributed by atoms with Gasteiger partial charge >= 0.3 is 5.97 Å². The number of hydrazone groups is 1. The van der Waals surface area contributed by atoms with Crippen molar-refractivity contribution in [3.63, 3.8) is 0 Å². The number of ether oxygens (including phenoxy) is 3. The van der Waals surface area contributed by atoms with Crippen LogP contribution in [0.15, 0.2) is 77.9 Å². The lowest BCUT2D eigenvalue weighted by atomic mass is 10.2. The number of amides is 1. The molecular formula is C25H24N2O5. The van der Waals surface area contributed by atoms with Crippen LogP contribution < -0.4 is 19.6 Å². The average molecular weight is 432 g/mol. The standard InChI is InChI=1S/C25H24N2O5/c1-3-30-20-15-11-19(12-16-20)25(29)32-21-13-9-18(10-14-21)17-26-27-24(28)22-7-5-6-8-23(22)31-4-2/h5-17H,3-4H2,1-2H3,(H,27,28). The molecule has 0 bridgehead atoms. The number of carbonyl (C=O) groups excluding carboxylic acids is 2. The Morgan fingerprint density at radius 3 is 2.19 bits per heavy atom. The lowest BCUT2D eigenvalue weighted by molar-refractivity contribution is 0.0734. The third kappa shape index (κ3) is 6.18. The van der Waals surface area contributed by atoms with Gasteiger partial charge in [0.1, 0.15) is 17.2 Å². The number of para-hydroxylation sites is 1. The van der Waals surface area contributed by atoms with Gasteiger partial charge in [-0.2, -0.15) is 5.10 Å². The molecule has 0 spiro atoms. The highest BCUT2D eigenvalue weighted by molar-refractivity contribution is 5.97. The van der Waals surface area contributed by atoms with Gasteiger partial charge in [0.2, 0.25) is 0 Å². The first-order chi connectivity index (χ1) is 15.6. The van der Waals surface area contributed by atoms with E-state index in [4.69, 9.17) is 14.2 Å². The number of hydrogen-bond donors (Lipinski definition) is 1. The summed E-state index contributed by atoms with van der Waals surface area (Å²) in [6.07, 6.45) is 1.50. The summed E-state index contributed by atoms with van der Waals surface area (Å²) >= 11 is 0. The number of hydrogen-bond acceptors (Lipinski definition) is 6. The molecular weight excluding hydrogens is 408 g/mol. The molecule has 0 fully saturated rings. The van der Waals surface area contributed by atoms with Gasteiger partial charge in [0.25, 0.3) is 5.91 Å². The third-order valence-corrected chi connectivity index (χ3v) is 4.30. The Morgan fingerprint density at radius 2 is 1.50 bits per heavy atom. The molecule has 1 amide bonds. The number of nitrogens with one attached hydrogen (secondary N) is 1. The molecule has 32 heavy (non-hydrogen) atoms. The van der Waals surface area contributed by atoms with Crippen LogP contribution in [0.5, 0.6) is 17.2 Å². The zero-order chi connectivity index (χ0) is 22.8. The summed E-state index contributed by atoms with van der Waals surface area (Å²) in [6.45, 7) is 4.77. The molecule has 7 heteroatoms. The Hall–Kier alpha value is -4.13. The quantitative estimate of drug-likeness (QED) is 0.233. The fourth-order valence-electron chi connectivity index (χ4n) is 2.80. The van der Waals surface area contributed by atoms with Crippen LogP contribution in [0.3, 0.4) is 0 Å². The molecule has 0 aliphatic carbocycles. The Morgan fingerprint density at radius 1 is 0.844 bits per heavy atom. The maximum atomic E-state index is 12.3. The summed E-state index contributed by atoms with van der Waals surface area (Å²) in [4.78, 5) is 24.6. The van der Waals surface area contributed by atoms with E-state index in [9.17, 15) is 9.59 Å². The molecule has 164 valence electrons. The minimum Gasteiger partial charge on any atom is -0.494 e. The first-order valence-electron chi connectivity index (χ1n) is 10.2. The maximum absolute atomic E-state index is 12.3. The van der Waals surface area contributed by atoms with Crippen LogP contribution in [0.2, 0.25) is 0 Å². The van der Waals surface area contributed by atoms with Crippen LogP contribution in [0.1, 0.15) is 40.1 Å². The maximum Gasteiger partial charge on any atom is 0.343 e. The second kappa shape index (κ2) is 11.3. The minimum absolute atomic E-state index is 0.369. The highest BCUT2D eigenvalue weighted by Crippen LogP contribution is 2.18. The van der Waals surface area contributed by atoms with E-state index in [1.165, 1.54) is 6.21 Å². The Balaban J connectivity index is 1.55. The van der Waals surface area contributed by atoms with Crippen LogP contribution in [0.4, 0.5) is 0 Å². The van der Waals surface area contributed by atoms with Crippen LogP contribution in [-0.2, 0) is 0 Å². The van der Waals surface area contributed by atoms with Crippen LogP contribution in [0.25, 0.3) is 0 Å². The zero-order valence-corrected chi connectivity index (χ0v) is 17.9. The lowest BCUT2D eigenvalue weighted by Crippen LogP contribution is -2.18. The summed E-state index contributed by atoms with van der Waals surface area (Å²) in [5, 5.41) is 3.98. The van der Waals surface area contributed by atoms with Gasteiger partial charge in [-0.15, -0.1) is 0 Å². The van der Waals surface area contributed by atoms with Gasteiger partial charge in [0, 0.05) is 0 Å². The van der Waals surface area contributed by atoms with Gasteiger partial charge in [-0.3, -0.25) is 4.79 Å². The van der Waals surface area contributed by atoms with E-state index in [0.717, 1.165) is 5.56 Å². The molecule has 0 unspecified atom stereocenters. The van der Waals surface area contributed by atoms with Gasteiger partial charge in [0.15, 0.2) is 0 Å². The predicted molar refractivity (Wildman–Crippen MR) is 122 cm³/mol. The molecule has 0 aliphatic rings. The molecule has 0 aliphatic heterocycles. The molecule has 3 rings (SSSR count). The Labute approximate surface area is 186 Å². The van der Waals surface area contributed by atoms with Crippen LogP contribution in [-0.4, -0.2) is 31.3 Å². The summed E-state index contributed by atoms with van der Waals surface area (Å²) in [5.74, 6) is 0.763. The highest BCUT2D eigenvalue weighted by Gasteiger charge is 2.11. The number of carbonyl (C=O) groups is 2. The first-order valence-corrected chi connectivity index (χ1v) is 10.2. The summed E-state index contributed by atoms with van der Waals surface area (Å²) in [7, 11) is 0. The van der Waals surface area contributed by atoms with Crippen molar-refractivity contribution in [1.82, 2.24) is 5.43 Å². The molecule has 0 saturated heterocycles. The molecule has 7 nitrogen and oxygen atoms in total. The summed E-state index contributed by atoms with van der Waals surface area (Å²) in [5.41, 5.74) is 4.04. The van der Waals surface area contributed by atoms with Crippen molar-refractivity contribution in [2.24, 2.45) is 5.10 Å². The number of rotatable bonds is 9. The van der Waals surface area contributed by atoms with Crippen molar-refractivity contribution in [1.29, 1.82) is 0 Å². The number of esters is 1. The fraction of sp³-hybridized carbons (Fsp3) is 0.160. The lowest BCUT2D eigenvalue weighted by Gasteiger charge is -2.08. The van der Waals surface area contributed by atoms with Gasteiger partial charge in [-0.1, -0.05) is 12.1 Å². The molecule has 0 atom stereocenters. The van der Waals surface area contributed by atoms with Gasteiger partial charge in [-0.25, -0.2) is 10.2 Å². The normalized spacial score (nSPS) is 10.6. The molecule has 0 heterocycles. The van der Waals surface area contributed by atoms with E-state index < -0.39 is 5.97 Å². The second-order valence-corrected chi connectivity index (χ2v) is 6.54. The SMILES string of the molecule is CCOc1ccc(C(=O)Oc2ccc(C=NNC(=O)c3ccccc3OCC)cc2)cc1. The van der Waals surface area contributed by atoms with E-state index in [1.54, 1.807) is 72.8 Å². The van der Waals surface area contributed by atoms with E-state index in [2.05, 4.69) is 10.5 Å². The average Bonchev–Trinajstić information content (AvgIpc) is 2.81. The van der Waals surface area contributed by atoms with Crippen molar-refractivity contribution in [3.8, 4) is 17.2 Å². The van der Waals surface area contributed by atoms with Crippen molar-refractivity contribution >= 4 is 18.1 Å². The van der Waals surface area contributed by atoms with Crippen molar-refractivity contribution < 1.29 is 23.8 Å². The molecule has 0 saturated carbocycles. The van der Waals surface area contributed by atoms with E-state index in [0.29, 0.717) is 41.6 Å². The van der Waals surface area contributed by atoms with E-state index >= 15 is 0 Å². The smallest absolute Gasteiger partial charge is 0.343 e. The first kappa shape index (κ1) is 22.6. The summed E-state index contributed by atoms with van der Waals surface area (Å²) in [6, 6.07) is 20.5. The van der Waals surface area contributed by atoms with E-state index in [1.807, 2.05) is 13.8 Å². The van der Waals surface area contributed by atoms with Gasteiger partial charge < -0.3 is 14.2 Å². The van der Waals surface area contributed by atoms with Gasteiger partial charge in [0.05, 0.1) is 30.6 Å². The second-order valence-electron chi connectivity index (χ2n) is 6.54. The number of nitrogens with zero attached hydrogens (tertiary/aromatic N) is 1. The highest BCUT2D eigenvalue weighted by atomic mass is 16.5. The Kier molecular flexibility index (Phi) is 7.97. The molecule has 0 radical (unpaired) electrons. The molecule has 3 aromatic rings. The number of benzene rings is 3. The van der Waals surface area contributed by atoms with Crippen LogP contribution in [0, 0.1) is 0 Å². The van der Waals surface area contributed by atoms with Crippen molar-refractivity contribution in [3.05, 3.63) is 89.5 Å². The van der Waals surface area contributed by atoms with Crippen molar-refractivity contribution in [2.75, 3.05) is 13.2 Å². The molecule has 0 aromatic heterocycles.